The average Bonchev–Trinajstić information content (AvgIpc) is 2.79. The van der Waals surface area contributed by atoms with Crippen LogP contribution >= 0.6 is 0 Å². The van der Waals surface area contributed by atoms with Crippen LogP contribution < -0.4 is 10.6 Å². The van der Waals surface area contributed by atoms with Crippen molar-refractivity contribution in [1.82, 2.24) is 10.6 Å². The largest absolute Gasteiger partial charge is 0.379 e. The van der Waals surface area contributed by atoms with Crippen molar-refractivity contribution in [3.8, 4) is 0 Å². The lowest BCUT2D eigenvalue weighted by molar-refractivity contribution is -0.134. The van der Waals surface area contributed by atoms with Gasteiger partial charge in [0, 0.05) is 13.2 Å². The van der Waals surface area contributed by atoms with Crippen molar-refractivity contribution in [2.75, 3.05) is 26.3 Å². The Balaban J connectivity index is 1.99. The van der Waals surface area contributed by atoms with E-state index < -0.39 is 0 Å². The number of carbonyl (C=O) groups excluding carboxylic acids is 1. The van der Waals surface area contributed by atoms with Crippen molar-refractivity contribution in [2.45, 2.75) is 45.1 Å². The summed E-state index contributed by atoms with van der Waals surface area (Å²) in [4.78, 5) is 12.5. The van der Waals surface area contributed by atoms with Gasteiger partial charge in [-0.2, -0.15) is 0 Å². The molecule has 0 aromatic rings. The van der Waals surface area contributed by atoms with Gasteiger partial charge >= 0.3 is 0 Å². The van der Waals surface area contributed by atoms with E-state index in [1.54, 1.807) is 0 Å². The molecule has 4 heteroatoms. The van der Waals surface area contributed by atoms with Crippen LogP contribution in [0.1, 0.15) is 39.5 Å². The van der Waals surface area contributed by atoms with Gasteiger partial charge in [0.1, 0.15) is 0 Å². The molecule has 2 rings (SSSR count). The third-order valence-electron chi connectivity index (χ3n) is 4.26. The van der Waals surface area contributed by atoms with Gasteiger partial charge in [-0.1, -0.05) is 6.92 Å². The van der Waals surface area contributed by atoms with Gasteiger partial charge in [0.2, 0.25) is 5.91 Å². The molecular formula is C13H24N2O2. The molecule has 0 radical (unpaired) electrons. The minimum Gasteiger partial charge on any atom is -0.379 e. The van der Waals surface area contributed by atoms with Crippen LogP contribution in [0.25, 0.3) is 0 Å². The second-order valence-electron chi connectivity index (χ2n) is 5.73. The molecule has 0 spiro atoms. The van der Waals surface area contributed by atoms with E-state index in [9.17, 15) is 4.79 Å². The second kappa shape index (κ2) is 4.94. The van der Waals surface area contributed by atoms with Crippen molar-refractivity contribution in [3.63, 3.8) is 0 Å². The summed E-state index contributed by atoms with van der Waals surface area (Å²) in [5.74, 6) is 0.206. The van der Waals surface area contributed by atoms with Crippen molar-refractivity contribution in [1.29, 1.82) is 0 Å². The highest BCUT2D eigenvalue weighted by molar-refractivity contribution is 5.84. The summed E-state index contributed by atoms with van der Waals surface area (Å²) in [5.41, 5.74) is -0.361. The average molecular weight is 240 g/mol. The molecule has 0 aromatic carbocycles. The molecule has 2 unspecified atom stereocenters. The highest BCUT2D eigenvalue weighted by atomic mass is 16.5. The van der Waals surface area contributed by atoms with Crippen LogP contribution in [0.4, 0.5) is 0 Å². The topological polar surface area (TPSA) is 50.4 Å². The molecule has 0 aromatic heterocycles. The van der Waals surface area contributed by atoms with Crippen molar-refractivity contribution in [2.24, 2.45) is 5.41 Å². The molecule has 1 amide bonds. The van der Waals surface area contributed by atoms with Crippen molar-refractivity contribution < 1.29 is 9.53 Å². The Bertz CT molecular complexity index is 279. The lowest BCUT2D eigenvalue weighted by Gasteiger charge is -2.37. The molecule has 0 saturated carbocycles. The maximum Gasteiger partial charge on any atom is 0.228 e. The summed E-state index contributed by atoms with van der Waals surface area (Å²) in [6, 6.07) is 0. The third kappa shape index (κ3) is 2.63. The Morgan fingerprint density at radius 1 is 1.47 bits per heavy atom. The number of ether oxygens (including phenoxy) is 1. The SMILES string of the molecule is CCC1(C(=O)NC2(C)CCCOC2)CCNC1. The number of carbonyl (C=O) groups is 1. The molecule has 2 aliphatic rings. The first-order valence-electron chi connectivity index (χ1n) is 6.71. The van der Waals surface area contributed by atoms with Gasteiger partial charge in [-0.25, -0.2) is 0 Å². The minimum absolute atomic E-state index is 0.167. The Labute approximate surface area is 103 Å². The third-order valence-corrected chi connectivity index (χ3v) is 4.26. The number of nitrogens with one attached hydrogen (secondary N) is 2. The van der Waals surface area contributed by atoms with Gasteiger partial charge in [-0.05, 0) is 39.2 Å². The normalized spacial score (nSPS) is 38.0. The fourth-order valence-electron chi connectivity index (χ4n) is 2.84. The Morgan fingerprint density at radius 2 is 2.29 bits per heavy atom. The van der Waals surface area contributed by atoms with Crippen LogP contribution in [0.5, 0.6) is 0 Å². The zero-order valence-corrected chi connectivity index (χ0v) is 11.0. The van der Waals surface area contributed by atoms with E-state index in [2.05, 4.69) is 24.5 Å². The number of hydrogen-bond acceptors (Lipinski definition) is 3. The highest BCUT2D eigenvalue weighted by Crippen LogP contribution is 2.31. The summed E-state index contributed by atoms with van der Waals surface area (Å²) in [6.45, 7) is 7.43. The maximum absolute atomic E-state index is 12.5. The van der Waals surface area contributed by atoms with E-state index >= 15 is 0 Å². The van der Waals surface area contributed by atoms with Crippen molar-refractivity contribution in [3.05, 3.63) is 0 Å². The number of hydrogen-bond donors (Lipinski definition) is 2. The van der Waals surface area contributed by atoms with Crippen LogP contribution in [-0.2, 0) is 9.53 Å². The zero-order chi connectivity index (χ0) is 12.4. The second-order valence-corrected chi connectivity index (χ2v) is 5.73. The Morgan fingerprint density at radius 3 is 2.82 bits per heavy atom. The van der Waals surface area contributed by atoms with Gasteiger partial charge in [0.25, 0.3) is 0 Å². The molecule has 2 N–H and O–H groups in total. The lowest BCUT2D eigenvalue weighted by Crippen LogP contribution is -2.56. The number of amides is 1. The molecule has 2 saturated heterocycles. The van der Waals surface area contributed by atoms with Crippen LogP contribution in [-0.4, -0.2) is 37.7 Å². The first-order valence-corrected chi connectivity index (χ1v) is 6.71. The summed E-state index contributed by atoms with van der Waals surface area (Å²) in [7, 11) is 0. The van der Waals surface area contributed by atoms with Gasteiger partial charge in [-0.3, -0.25) is 4.79 Å². The minimum atomic E-state index is -0.194. The smallest absolute Gasteiger partial charge is 0.228 e. The van der Waals surface area contributed by atoms with Gasteiger partial charge in [0.15, 0.2) is 0 Å². The fourth-order valence-corrected chi connectivity index (χ4v) is 2.84. The van der Waals surface area contributed by atoms with Gasteiger partial charge < -0.3 is 15.4 Å². The maximum atomic E-state index is 12.5. The predicted octanol–water partition coefficient (Wildman–Crippen LogP) is 1.06. The first kappa shape index (κ1) is 12.8. The predicted molar refractivity (Wildman–Crippen MR) is 66.8 cm³/mol. The van der Waals surface area contributed by atoms with Gasteiger partial charge in [0.05, 0.1) is 17.6 Å². The quantitative estimate of drug-likeness (QED) is 0.775. The summed E-state index contributed by atoms with van der Waals surface area (Å²) < 4.78 is 5.48. The van der Waals surface area contributed by atoms with Crippen LogP contribution in [0.3, 0.4) is 0 Å². The molecule has 0 bridgehead atoms. The van der Waals surface area contributed by atoms with Gasteiger partial charge in [-0.15, -0.1) is 0 Å². The molecule has 2 atom stereocenters. The Hall–Kier alpha value is -0.610. The molecule has 17 heavy (non-hydrogen) atoms. The van der Waals surface area contributed by atoms with E-state index in [4.69, 9.17) is 4.74 Å². The molecular weight excluding hydrogens is 216 g/mol. The zero-order valence-electron chi connectivity index (χ0n) is 11.0. The molecule has 2 heterocycles. The summed E-state index contributed by atoms with van der Waals surface area (Å²) in [6.07, 6.45) is 3.91. The standard InChI is InChI=1S/C13H24N2O2/c1-3-13(6-7-14-9-13)11(16)15-12(2)5-4-8-17-10-12/h14H,3-10H2,1-2H3,(H,15,16). The fraction of sp³-hybridized carbons (Fsp3) is 0.923. The summed E-state index contributed by atoms with van der Waals surface area (Å²) in [5, 5.41) is 6.53. The van der Waals surface area contributed by atoms with E-state index in [0.29, 0.717) is 6.61 Å². The van der Waals surface area contributed by atoms with Crippen LogP contribution in [0, 0.1) is 5.41 Å². The van der Waals surface area contributed by atoms with E-state index in [-0.39, 0.29) is 16.9 Å². The molecule has 4 nitrogen and oxygen atoms in total. The van der Waals surface area contributed by atoms with Crippen LogP contribution in [0.2, 0.25) is 0 Å². The van der Waals surface area contributed by atoms with E-state index in [0.717, 1.165) is 45.4 Å². The monoisotopic (exact) mass is 240 g/mol. The first-order chi connectivity index (χ1) is 8.10. The molecule has 2 fully saturated rings. The van der Waals surface area contributed by atoms with Crippen molar-refractivity contribution >= 4 is 5.91 Å². The summed E-state index contributed by atoms with van der Waals surface area (Å²) >= 11 is 0. The number of rotatable bonds is 3. The molecule has 2 aliphatic heterocycles. The Kier molecular flexibility index (Phi) is 3.73. The molecule has 98 valence electrons. The van der Waals surface area contributed by atoms with Crippen LogP contribution in [0.15, 0.2) is 0 Å². The highest BCUT2D eigenvalue weighted by Gasteiger charge is 2.42. The van der Waals surface area contributed by atoms with E-state index in [1.165, 1.54) is 0 Å². The molecule has 0 aliphatic carbocycles. The lowest BCUT2D eigenvalue weighted by atomic mass is 9.82. The van der Waals surface area contributed by atoms with E-state index in [1.807, 2.05) is 0 Å².